The number of nitrogens with one attached hydrogen (secondary N) is 2. The summed E-state index contributed by atoms with van der Waals surface area (Å²) in [5.74, 6) is -0.280. The number of hydrogen-bond acceptors (Lipinski definition) is 3. The van der Waals surface area contributed by atoms with E-state index in [0.717, 1.165) is 5.56 Å². The summed E-state index contributed by atoms with van der Waals surface area (Å²) in [4.78, 5) is 22.8. The van der Waals surface area contributed by atoms with E-state index in [-0.39, 0.29) is 18.2 Å². The number of rotatable bonds is 5. The van der Waals surface area contributed by atoms with Gasteiger partial charge in [0.05, 0.1) is 18.1 Å². The lowest BCUT2D eigenvalue weighted by molar-refractivity contribution is -0.123. The number of aliphatic hydroxyl groups excluding tert-OH is 1. The third kappa shape index (κ3) is 5.01. The van der Waals surface area contributed by atoms with Gasteiger partial charge in [-0.3, -0.25) is 9.59 Å². The van der Waals surface area contributed by atoms with Gasteiger partial charge in [-0.1, -0.05) is 12.1 Å². The zero-order valence-corrected chi connectivity index (χ0v) is 12.4. The second-order valence-electron chi connectivity index (χ2n) is 5.50. The first kappa shape index (κ1) is 16.2. The number of benzene rings is 1. The molecule has 0 bridgehead atoms. The van der Waals surface area contributed by atoms with E-state index in [1.165, 1.54) is 6.92 Å². The average Bonchev–Trinajstić information content (AvgIpc) is 2.30. The molecule has 1 aromatic rings. The van der Waals surface area contributed by atoms with Gasteiger partial charge in [-0.2, -0.15) is 0 Å². The summed E-state index contributed by atoms with van der Waals surface area (Å²) in [6.07, 6.45) is -0.398. The molecule has 1 unspecified atom stereocenters. The lowest BCUT2D eigenvalue weighted by Gasteiger charge is -2.29. The normalized spacial score (nSPS) is 12.7. The summed E-state index contributed by atoms with van der Waals surface area (Å²) in [7, 11) is 0. The van der Waals surface area contributed by atoms with Crippen molar-refractivity contribution in [1.29, 1.82) is 0 Å². The Labute approximate surface area is 119 Å². The molecular formula is C15H22N2O3. The van der Waals surface area contributed by atoms with Gasteiger partial charge < -0.3 is 15.7 Å². The van der Waals surface area contributed by atoms with Gasteiger partial charge in [0.15, 0.2) is 0 Å². The fourth-order valence-corrected chi connectivity index (χ4v) is 1.60. The summed E-state index contributed by atoms with van der Waals surface area (Å²) in [5, 5.41) is 15.0. The summed E-state index contributed by atoms with van der Waals surface area (Å²) in [5.41, 5.74) is 0.886. The molecule has 0 aliphatic carbocycles. The first-order valence-electron chi connectivity index (χ1n) is 6.56. The lowest BCUT2D eigenvalue weighted by Crippen LogP contribution is -2.51. The van der Waals surface area contributed by atoms with Crippen LogP contribution < -0.4 is 10.6 Å². The van der Waals surface area contributed by atoms with Crippen molar-refractivity contribution in [2.75, 3.05) is 5.32 Å². The van der Waals surface area contributed by atoms with Gasteiger partial charge in [-0.25, -0.2) is 0 Å². The Hall–Kier alpha value is -1.88. The number of carbonyl (C=O) groups excluding carboxylic acids is 2. The molecule has 1 rings (SSSR count). The Bertz CT molecular complexity index is 478. The largest absolute Gasteiger partial charge is 0.391 e. The van der Waals surface area contributed by atoms with Gasteiger partial charge in [-0.05, 0) is 38.5 Å². The Morgan fingerprint density at radius 2 is 1.80 bits per heavy atom. The SMILES string of the molecule is CC(=O)Nc1ccc(CC(=O)NC(C)(C)C(C)O)cc1. The van der Waals surface area contributed by atoms with Gasteiger partial charge in [-0.15, -0.1) is 0 Å². The molecule has 1 atom stereocenters. The molecule has 20 heavy (non-hydrogen) atoms. The maximum absolute atomic E-state index is 11.9. The van der Waals surface area contributed by atoms with E-state index < -0.39 is 11.6 Å². The van der Waals surface area contributed by atoms with Crippen LogP contribution in [0, 0.1) is 0 Å². The van der Waals surface area contributed by atoms with Crippen LogP contribution >= 0.6 is 0 Å². The third-order valence-corrected chi connectivity index (χ3v) is 3.15. The van der Waals surface area contributed by atoms with Crippen LogP contribution in [-0.2, 0) is 16.0 Å². The van der Waals surface area contributed by atoms with Crippen molar-refractivity contribution in [2.24, 2.45) is 0 Å². The van der Waals surface area contributed by atoms with Crippen LogP contribution in [0.15, 0.2) is 24.3 Å². The molecule has 0 aromatic heterocycles. The molecule has 0 spiro atoms. The van der Waals surface area contributed by atoms with E-state index >= 15 is 0 Å². The quantitative estimate of drug-likeness (QED) is 0.763. The Balaban J connectivity index is 2.60. The predicted octanol–water partition coefficient (Wildman–Crippen LogP) is 1.46. The summed E-state index contributed by atoms with van der Waals surface area (Å²) >= 11 is 0. The van der Waals surface area contributed by atoms with Crippen molar-refractivity contribution in [3.63, 3.8) is 0 Å². The number of anilines is 1. The van der Waals surface area contributed by atoms with Crippen LogP contribution in [0.4, 0.5) is 5.69 Å². The molecule has 2 amide bonds. The molecule has 3 N–H and O–H groups in total. The van der Waals surface area contributed by atoms with Crippen LogP contribution in [0.25, 0.3) is 0 Å². The van der Waals surface area contributed by atoms with Gasteiger partial charge >= 0.3 is 0 Å². The van der Waals surface area contributed by atoms with Crippen molar-refractivity contribution in [3.05, 3.63) is 29.8 Å². The van der Waals surface area contributed by atoms with Crippen molar-refractivity contribution < 1.29 is 14.7 Å². The fraction of sp³-hybridized carbons (Fsp3) is 0.467. The number of aliphatic hydroxyl groups is 1. The van der Waals surface area contributed by atoms with E-state index in [4.69, 9.17) is 0 Å². The highest BCUT2D eigenvalue weighted by Gasteiger charge is 2.25. The lowest BCUT2D eigenvalue weighted by atomic mass is 9.98. The van der Waals surface area contributed by atoms with E-state index in [1.807, 2.05) is 0 Å². The molecule has 0 saturated heterocycles. The van der Waals surface area contributed by atoms with Crippen LogP contribution in [0.2, 0.25) is 0 Å². The fourth-order valence-electron chi connectivity index (χ4n) is 1.60. The summed E-state index contributed by atoms with van der Waals surface area (Å²) in [6, 6.07) is 7.09. The molecule has 0 aliphatic rings. The monoisotopic (exact) mass is 278 g/mol. The highest BCUT2D eigenvalue weighted by atomic mass is 16.3. The summed E-state index contributed by atoms with van der Waals surface area (Å²) in [6.45, 7) is 6.63. The van der Waals surface area contributed by atoms with Crippen LogP contribution in [0.1, 0.15) is 33.3 Å². The van der Waals surface area contributed by atoms with E-state index in [1.54, 1.807) is 45.0 Å². The molecule has 0 aliphatic heterocycles. The number of carbonyl (C=O) groups is 2. The van der Waals surface area contributed by atoms with E-state index in [2.05, 4.69) is 10.6 Å². The van der Waals surface area contributed by atoms with Crippen LogP contribution in [-0.4, -0.2) is 28.6 Å². The number of amides is 2. The zero-order valence-electron chi connectivity index (χ0n) is 12.4. The Morgan fingerprint density at radius 1 is 1.25 bits per heavy atom. The van der Waals surface area contributed by atoms with Gasteiger partial charge in [0.25, 0.3) is 0 Å². The first-order chi connectivity index (χ1) is 9.20. The first-order valence-corrected chi connectivity index (χ1v) is 6.56. The maximum Gasteiger partial charge on any atom is 0.224 e. The van der Waals surface area contributed by atoms with Crippen molar-refractivity contribution in [3.8, 4) is 0 Å². The topological polar surface area (TPSA) is 78.4 Å². The van der Waals surface area contributed by atoms with Gasteiger partial charge in [0.1, 0.15) is 0 Å². The summed E-state index contributed by atoms with van der Waals surface area (Å²) < 4.78 is 0. The standard InChI is InChI=1S/C15H22N2O3/c1-10(18)15(3,4)17-14(20)9-12-5-7-13(8-6-12)16-11(2)19/h5-8,10,18H,9H2,1-4H3,(H,16,19)(H,17,20). The van der Waals surface area contributed by atoms with Gasteiger partial charge in [0.2, 0.25) is 11.8 Å². The molecule has 1 aromatic carbocycles. The van der Waals surface area contributed by atoms with E-state index in [9.17, 15) is 14.7 Å². The highest BCUT2D eigenvalue weighted by molar-refractivity contribution is 5.88. The van der Waals surface area contributed by atoms with Crippen LogP contribution in [0.3, 0.4) is 0 Å². The minimum atomic E-state index is -0.660. The van der Waals surface area contributed by atoms with Crippen molar-refractivity contribution in [2.45, 2.75) is 45.8 Å². The molecule has 110 valence electrons. The second-order valence-corrected chi connectivity index (χ2v) is 5.50. The Morgan fingerprint density at radius 3 is 2.25 bits per heavy atom. The zero-order chi connectivity index (χ0) is 15.3. The van der Waals surface area contributed by atoms with E-state index in [0.29, 0.717) is 5.69 Å². The van der Waals surface area contributed by atoms with Crippen LogP contribution in [0.5, 0.6) is 0 Å². The third-order valence-electron chi connectivity index (χ3n) is 3.15. The molecule has 0 fully saturated rings. The molecule has 5 heteroatoms. The van der Waals surface area contributed by atoms with Gasteiger partial charge in [0, 0.05) is 12.6 Å². The van der Waals surface area contributed by atoms with Crippen molar-refractivity contribution >= 4 is 17.5 Å². The molecular weight excluding hydrogens is 256 g/mol. The highest BCUT2D eigenvalue weighted by Crippen LogP contribution is 2.12. The second kappa shape index (κ2) is 6.52. The Kier molecular flexibility index (Phi) is 5.27. The molecule has 0 heterocycles. The average molecular weight is 278 g/mol. The molecule has 5 nitrogen and oxygen atoms in total. The maximum atomic E-state index is 11.9. The van der Waals surface area contributed by atoms with Crippen molar-refractivity contribution in [1.82, 2.24) is 5.32 Å². The molecule has 0 radical (unpaired) electrons. The molecule has 0 saturated carbocycles. The minimum absolute atomic E-state index is 0.130. The number of hydrogen-bond donors (Lipinski definition) is 3. The smallest absolute Gasteiger partial charge is 0.224 e. The minimum Gasteiger partial charge on any atom is -0.391 e. The predicted molar refractivity (Wildman–Crippen MR) is 78.4 cm³/mol.